The van der Waals surface area contributed by atoms with Crippen LogP contribution in [0.2, 0.25) is 0 Å². The van der Waals surface area contributed by atoms with Crippen molar-refractivity contribution in [2.24, 2.45) is 11.7 Å². The van der Waals surface area contributed by atoms with E-state index in [1.54, 1.807) is 4.90 Å². The summed E-state index contributed by atoms with van der Waals surface area (Å²) in [6.45, 7) is 8.39. The van der Waals surface area contributed by atoms with Crippen LogP contribution >= 0.6 is 0 Å². The highest BCUT2D eigenvalue weighted by molar-refractivity contribution is 5.69. The van der Waals surface area contributed by atoms with E-state index in [2.05, 4.69) is 0 Å². The molecule has 2 fully saturated rings. The Morgan fingerprint density at radius 1 is 1.50 bits per heavy atom. The van der Waals surface area contributed by atoms with Crippen LogP contribution in [0.3, 0.4) is 0 Å². The molecule has 0 radical (unpaired) electrons. The van der Waals surface area contributed by atoms with Crippen LogP contribution in [0.4, 0.5) is 4.79 Å². The highest BCUT2D eigenvalue weighted by Crippen LogP contribution is 2.41. The zero-order chi connectivity index (χ0) is 13.4. The molecule has 0 aromatic heterocycles. The molecule has 2 heterocycles. The van der Waals surface area contributed by atoms with E-state index in [9.17, 15) is 4.79 Å². The van der Waals surface area contributed by atoms with Gasteiger partial charge >= 0.3 is 6.09 Å². The summed E-state index contributed by atoms with van der Waals surface area (Å²) in [5.74, 6) is 0.487. The van der Waals surface area contributed by atoms with Gasteiger partial charge in [0.1, 0.15) is 11.2 Å². The second-order valence-corrected chi connectivity index (χ2v) is 6.31. The van der Waals surface area contributed by atoms with Gasteiger partial charge < -0.3 is 20.1 Å². The molecule has 2 aliphatic heterocycles. The van der Waals surface area contributed by atoms with E-state index < -0.39 is 5.60 Å². The van der Waals surface area contributed by atoms with E-state index in [1.807, 2.05) is 20.8 Å². The second-order valence-electron chi connectivity index (χ2n) is 6.31. The van der Waals surface area contributed by atoms with Gasteiger partial charge in [-0.1, -0.05) is 0 Å². The van der Waals surface area contributed by atoms with Crippen molar-refractivity contribution in [3.8, 4) is 0 Å². The Morgan fingerprint density at radius 2 is 2.17 bits per heavy atom. The Bertz CT molecular complexity index is 319. The topological polar surface area (TPSA) is 64.8 Å². The Labute approximate surface area is 109 Å². The van der Waals surface area contributed by atoms with Gasteiger partial charge in [0.05, 0.1) is 13.1 Å². The second kappa shape index (κ2) is 4.70. The summed E-state index contributed by atoms with van der Waals surface area (Å²) in [4.78, 5) is 13.6. The zero-order valence-electron chi connectivity index (χ0n) is 11.6. The molecule has 0 unspecified atom stereocenters. The van der Waals surface area contributed by atoms with E-state index >= 15 is 0 Å². The number of hydrogen-bond acceptors (Lipinski definition) is 4. The predicted octanol–water partition coefficient (Wildman–Crippen LogP) is 1.36. The maximum absolute atomic E-state index is 11.9. The number of hydrogen-bond donors (Lipinski definition) is 1. The fourth-order valence-corrected chi connectivity index (χ4v) is 2.80. The number of ether oxygens (including phenoxy) is 2. The Balaban J connectivity index is 1.87. The van der Waals surface area contributed by atoms with Gasteiger partial charge in [0.25, 0.3) is 0 Å². The van der Waals surface area contributed by atoms with Crippen LogP contribution in [0.15, 0.2) is 0 Å². The van der Waals surface area contributed by atoms with E-state index in [0.29, 0.717) is 25.6 Å². The molecule has 2 N–H and O–H groups in total. The third-order valence-corrected chi connectivity index (χ3v) is 3.68. The van der Waals surface area contributed by atoms with Crippen molar-refractivity contribution >= 4 is 6.09 Å². The fourth-order valence-electron chi connectivity index (χ4n) is 2.80. The summed E-state index contributed by atoms with van der Waals surface area (Å²) in [7, 11) is 0. The van der Waals surface area contributed by atoms with Crippen LogP contribution < -0.4 is 5.73 Å². The first-order valence-electron chi connectivity index (χ1n) is 6.68. The van der Waals surface area contributed by atoms with Crippen LogP contribution in [0, 0.1) is 5.92 Å². The number of likely N-dealkylation sites (tertiary alicyclic amines) is 1. The summed E-state index contributed by atoms with van der Waals surface area (Å²) in [6.07, 6.45) is 1.79. The minimum atomic E-state index is -0.437. The molecule has 18 heavy (non-hydrogen) atoms. The maximum atomic E-state index is 11.9. The molecule has 5 heteroatoms. The van der Waals surface area contributed by atoms with Gasteiger partial charge in [0.2, 0.25) is 0 Å². The molecule has 1 spiro atoms. The van der Waals surface area contributed by atoms with Crippen molar-refractivity contribution in [3.63, 3.8) is 0 Å². The smallest absolute Gasteiger partial charge is 0.410 e. The van der Waals surface area contributed by atoms with E-state index in [1.165, 1.54) is 0 Å². The van der Waals surface area contributed by atoms with Crippen LogP contribution in [0.5, 0.6) is 0 Å². The van der Waals surface area contributed by atoms with Gasteiger partial charge in [-0.3, -0.25) is 0 Å². The monoisotopic (exact) mass is 256 g/mol. The SMILES string of the molecule is CC(C)(C)OC(=O)N1CC2(C1)OCC[C@@H]2CCN. The molecule has 1 atom stereocenters. The van der Waals surface area contributed by atoms with Crippen LogP contribution in [-0.2, 0) is 9.47 Å². The molecule has 0 saturated carbocycles. The largest absolute Gasteiger partial charge is 0.444 e. The summed E-state index contributed by atoms with van der Waals surface area (Å²) in [5.41, 5.74) is 5.05. The molecular weight excluding hydrogens is 232 g/mol. The number of rotatable bonds is 2. The van der Waals surface area contributed by atoms with Crippen LogP contribution in [0.1, 0.15) is 33.6 Å². The summed E-state index contributed by atoms with van der Waals surface area (Å²) < 4.78 is 11.2. The van der Waals surface area contributed by atoms with Crippen LogP contribution in [0.25, 0.3) is 0 Å². The lowest BCUT2D eigenvalue weighted by Gasteiger charge is -2.50. The Kier molecular flexibility index (Phi) is 3.56. The number of nitrogens with zero attached hydrogens (tertiary/aromatic N) is 1. The van der Waals surface area contributed by atoms with Gasteiger partial charge in [-0.2, -0.15) is 0 Å². The van der Waals surface area contributed by atoms with Crippen molar-refractivity contribution < 1.29 is 14.3 Å². The number of carbonyl (C=O) groups excluding carboxylic acids is 1. The first-order valence-corrected chi connectivity index (χ1v) is 6.68. The Hall–Kier alpha value is -0.810. The van der Waals surface area contributed by atoms with Crippen molar-refractivity contribution in [1.82, 2.24) is 4.90 Å². The standard InChI is InChI=1S/C13H24N2O3/c1-12(2,3)18-11(16)15-8-13(9-15)10(4-6-14)5-7-17-13/h10H,4-9,14H2,1-3H3/t10-/m0/s1. The normalized spacial score (nSPS) is 26.2. The third-order valence-electron chi connectivity index (χ3n) is 3.68. The average Bonchev–Trinajstić information content (AvgIpc) is 2.56. The predicted molar refractivity (Wildman–Crippen MR) is 68.3 cm³/mol. The first-order chi connectivity index (χ1) is 8.36. The molecule has 0 bridgehead atoms. The number of carbonyl (C=O) groups is 1. The molecule has 1 amide bonds. The molecule has 2 rings (SSSR count). The van der Waals surface area contributed by atoms with Crippen molar-refractivity contribution in [3.05, 3.63) is 0 Å². The lowest BCUT2D eigenvalue weighted by molar-refractivity contribution is -0.129. The molecule has 104 valence electrons. The summed E-state index contributed by atoms with van der Waals surface area (Å²) in [6, 6.07) is 0. The molecule has 5 nitrogen and oxygen atoms in total. The third kappa shape index (κ3) is 2.62. The van der Waals surface area contributed by atoms with E-state index in [0.717, 1.165) is 19.4 Å². The number of nitrogens with two attached hydrogens (primary N) is 1. The zero-order valence-corrected chi connectivity index (χ0v) is 11.6. The first kappa shape index (κ1) is 13.6. The molecule has 0 aliphatic carbocycles. The molecular formula is C13H24N2O3. The molecule has 0 aromatic carbocycles. The molecule has 0 aromatic rings. The van der Waals surface area contributed by atoms with E-state index in [-0.39, 0.29) is 11.7 Å². The van der Waals surface area contributed by atoms with Gasteiger partial charge in [-0.15, -0.1) is 0 Å². The molecule has 2 saturated heterocycles. The van der Waals surface area contributed by atoms with Crippen molar-refractivity contribution in [2.45, 2.75) is 44.8 Å². The number of amides is 1. The summed E-state index contributed by atoms with van der Waals surface area (Å²) in [5, 5.41) is 0. The Morgan fingerprint density at radius 3 is 2.72 bits per heavy atom. The van der Waals surface area contributed by atoms with Gasteiger partial charge in [0, 0.05) is 6.61 Å². The van der Waals surface area contributed by atoms with Gasteiger partial charge in [0.15, 0.2) is 0 Å². The minimum absolute atomic E-state index is 0.143. The van der Waals surface area contributed by atoms with Crippen LogP contribution in [-0.4, -0.2) is 48.4 Å². The fraction of sp³-hybridized carbons (Fsp3) is 0.923. The van der Waals surface area contributed by atoms with Crippen molar-refractivity contribution in [1.29, 1.82) is 0 Å². The summed E-state index contributed by atoms with van der Waals surface area (Å²) >= 11 is 0. The lowest BCUT2D eigenvalue weighted by atomic mass is 9.79. The van der Waals surface area contributed by atoms with Gasteiger partial charge in [-0.05, 0) is 46.1 Å². The minimum Gasteiger partial charge on any atom is -0.444 e. The highest BCUT2D eigenvalue weighted by Gasteiger charge is 2.54. The lowest BCUT2D eigenvalue weighted by Crippen LogP contribution is -2.66. The highest BCUT2D eigenvalue weighted by atomic mass is 16.6. The van der Waals surface area contributed by atoms with Crippen molar-refractivity contribution in [2.75, 3.05) is 26.2 Å². The quantitative estimate of drug-likeness (QED) is 0.810. The maximum Gasteiger partial charge on any atom is 0.410 e. The average molecular weight is 256 g/mol. The molecule has 2 aliphatic rings. The van der Waals surface area contributed by atoms with E-state index in [4.69, 9.17) is 15.2 Å². The van der Waals surface area contributed by atoms with Gasteiger partial charge in [-0.25, -0.2) is 4.79 Å².